The van der Waals surface area contributed by atoms with Crippen molar-refractivity contribution in [1.82, 2.24) is 0 Å². The monoisotopic (exact) mass is 291 g/mol. The van der Waals surface area contributed by atoms with Gasteiger partial charge in [-0.25, -0.2) is 0 Å². The van der Waals surface area contributed by atoms with Crippen molar-refractivity contribution in [3.05, 3.63) is 34.9 Å². The fourth-order valence-corrected chi connectivity index (χ4v) is 2.71. The van der Waals surface area contributed by atoms with Crippen molar-refractivity contribution in [3.8, 4) is 0 Å². The lowest BCUT2D eigenvalue weighted by Crippen LogP contribution is -2.34. The third kappa shape index (κ3) is 5.44. The molecule has 1 aromatic carbocycles. The fraction of sp³-hybridized carbons (Fsp3) is 0.684. The predicted octanol–water partition coefficient (Wildman–Crippen LogP) is 3.97. The van der Waals surface area contributed by atoms with Crippen molar-refractivity contribution in [1.29, 1.82) is 0 Å². The number of hydrogen-bond donors (Lipinski definition) is 2. The minimum atomic E-state index is -0.395. The Morgan fingerprint density at radius 1 is 1.10 bits per heavy atom. The van der Waals surface area contributed by atoms with Crippen LogP contribution in [0.3, 0.4) is 0 Å². The molecule has 0 radical (unpaired) electrons. The molecule has 120 valence electrons. The van der Waals surface area contributed by atoms with E-state index in [1.807, 2.05) is 0 Å². The highest BCUT2D eigenvalue weighted by molar-refractivity contribution is 5.35. The molecule has 0 spiro atoms. The Kier molecular flexibility index (Phi) is 6.89. The molecule has 0 aliphatic heterocycles. The molecule has 0 aromatic heterocycles. The van der Waals surface area contributed by atoms with E-state index >= 15 is 0 Å². The van der Waals surface area contributed by atoms with Gasteiger partial charge in [0.15, 0.2) is 0 Å². The standard InChI is InChI=1S/C19H33NO/c1-6-8-17(20)18(21)12-10-15-13-16(19(3,4)5)11-9-14(15)7-2/h9,11,13,17-18,21H,6-8,10,12,20H2,1-5H3. The summed E-state index contributed by atoms with van der Waals surface area (Å²) in [6.45, 7) is 11.0. The molecule has 0 saturated carbocycles. The van der Waals surface area contributed by atoms with Crippen molar-refractivity contribution in [2.75, 3.05) is 0 Å². The fourth-order valence-electron chi connectivity index (χ4n) is 2.71. The first-order chi connectivity index (χ1) is 9.79. The molecule has 2 nitrogen and oxygen atoms in total. The zero-order valence-corrected chi connectivity index (χ0v) is 14.4. The van der Waals surface area contributed by atoms with E-state index in [-0.39, 0.29) is 11.5 Å². The zero-order valence-electron chi connectivity index (χ0n) is 14.4. The van der Waals surface area contributed by atoms with Crippen LogP contribution in [0.5, 0.6) is 0 Å². The topological polar surface area (TPSA) is 46.2 Å². The van der Waals surface area contributed by atoms with Gasteiger partial charge in [0, 0.05) is 6.04 Å². The number of hydrogen-bond acceptors (Lipinski definition) is 2. The smallest absolute Gasteiger partial charge is 0.0694 e. The highest BCUT2D eigenvalue weighted by atomic mass is 16.3. The lowest BCUT2D eigenvalue weighted by molar-refractivity contribution is 0.131. The van der Waals surface area contributed by atoms with Crippen molar-refractivity contribution >= 4 is 0 Å². The molecule has 21 heavy (non-hydrogen) atoms. The maximum atomic E-state index is 10.2. The first-order valence-corrected chi connectivity index (χ1v) is 8.35. The van der Waals surface area contributed by atoms with Crippen LogP contribution in [0.15, 0.2) is 18.2 Å². The van der Waals surface area contributed by atoms with Crippen molar-refractivity contribution in [2.45, 2.75) is 84.3 Å². The van der Waals surface area contributed by atoms with Gasteiger partial charge in [0.2, 0.25) is 0 Å². The lowest BCUT2D eigenvalue weighted by Gasteiger charge is -2.22. The molecule has 2 atom stereocenters. The van der Waals surface area contributed by atoms with Crippen LogP contribution in [0.25, 0.3) is 0 Å². The maximum Gasteiger partial charge on any atom is 0.0694 e. The summed E-state index contributed by atoms with van der Waals surface area (Å²) in [5.74, 6) is 0. The normalized spacial score (nSPS) is 15.0. The van der Waals surface area contributed by atoms with Gasteiger partial charge in [-0.3, -0.25) is 0 Å². The third-order valence-electron chi connectivity index (χ3n) is 4.28. The molecule has 2 heteroatoms. The molecule has 0 aliphatic rings. The van der Waals surface area contributed by atoms with E-state index in [4.69, 9.17) is 5.73 Å². The number of aryl methyl sites for hydroxylation is 2. The molecule has 1 aromatic rings. The van der Waals surface area contributed by atoms with Crippen molar-refractivity contribution in [2.24, 2.45) is 5.73 Å². The molecule has 1 rings (SSSR count). The summed E-state index contributed by atoms with van der Waals surface area (Å²) in [6.07, 6.45) is 4.22. The Balaban J connectivity index is 2.81. The molecular formula is C19H33NO. The molecule has 0 aliphatic carbocycles. The summed E-state index contributed by atoms with van der Waals surface area (Å²) in [4.78, 5) is 0. The number of rotatable bonds is 7. The van der Waals surface area contributed by atoms with Crippen molar-refractivity contribution < 1.29 is 5.11 Å². The van der Waals surface area contributed by atoms with Gasteiger partial charge in [-0.1, -0.05) is 59.2 Å². The molecule has 3 N–H and O–H groups in total. The summed E-state index contributed by atoms with van der Waals surface area (Å²) in [5.41, 5.74) is 10.3. The van der Waals surface area contributed by atoms with E-state index < -0.39 is 6.10 Å². The number of aliphatic hydroxyl groups excluding tert-OH is 1. The van der Waals surface area contributed by atoms with Crippen LogP contribution in [0.4, 0.5) is 0 Å². The molecular weight excluding hydrogens is 258 g/mol. The minimum Gasteiger partial charge on any atom is -0.392 e. The van der Waals surface area contributed by atoms with Gasteiger partial charge in [-0.2, -0.15) is 0 Å². The van der Waals surface area contributed by atoms with E-state index in [2.05, 4.69) is 52.8 Å². The van der Waals surface area contributed by atoms with E-state index in [1.54, 1.807) is 0 Å². The van der Waals surface area contributed by atoms with Crippen LogP contribution in [0.2, 0.25) is 0 Å². The second kappa shape index (κ2) is 7.95. The van der Waals surface area contributed by atoms with Gasteiger partial charge in [-0.05, 0) is 47.8 Å². The molecule has 0 heterocycles. The molecule has 0 amide bonds. The van der Waals surface area contributed by atoms with Crippen LogP contribution in [0, 0.1) is 0 Å². The molecule has 2 unspecified atom stereocenters. The summed E-state index contributed by atoms with van der Waals surface area (Å²) in [6, 6.07) is 6.71. The van der Waals surface area contributed by atoms with Gasteiger partial charge < -0.3 is 10.8 Å². The highest BCUT2D eigenvalue weighted by Crippen LogP contribution is 2.26. The van der Waals surface area contributed by atoms with Gasteiger partial charge in [-0.15, -0.1) is 0 Å². The Morgan fingerprint density at radius 3 is 2.29 bits per heavy atom. The van der Waals surface area contributed by atoms with E-state index in [0.717, 1.165) is 32.1 Å². The SMILES string of the molecule is CCCC(N)C(O)CCc1cc(C(C)(C)C)ccc1CC. The Morgan fingerprint density at radius 2 is 1.76 bits per heavy atom. The van der Waals surface area contributed by atoms with Crippen molar-refractivity contribution in [3.63, 3.8) is 0 Å². The quantitative estimate of drug-likeness (QED) is 0.798. The number of nitrogens with two attached hydrogens (primary N) is 1. The Labute approximate surface area is 130 Å². The van der Waals surface area contributed by atoms with Gasteiger partial charge in [0.25, 0.3) is 0 Å². The number of aliphatic hydroxyl groups is 1. The Bertz CT molecular complexity index is 434. The van der Waals surface area contributed by atoms with E-state index in [1.165, 1.54) is 16.7 Å². The average molecular weight is 291 g/mol. The van der Waals surface area contributed by atoms with Gasteiger partial charge >= 0.3 is 0 Å². The second-order valence-electron chi connectivity index (χ2n) is 7.15. The first kappa shape index (κ1) is 18.2. The van der Waals surface area contributed by atoms with Crippen LogP contribution < -0.4 is 5.73 Å². The van der Waals surface area contributed by atoms with E-state index in [9.17, 15) is 5.11 Å². The average Bonchev–Trinajstić information content (AvgIpc) is 2.43. The second-order valence-corrected chi connectivity index (χ2v) is 7.15. The summed E-state index contributed by atoms with van der Waals surface area (Å²) >= 11 is 0. The summed E-state index contributed by atoms with van der Waals surface area (Å²) in [7, 11) is 0. The highest BCUT2D eigenvalue weighted by Gasteiger charge is 2.17. The van der Waals surface area contributed by atoms with E-state index in [0.29, 0.717) is 0 Å². The van der Waals surface area contributed by atoms with Crippen LogP contribution in [0.1, 0.15) is 70.6 Å². The zero-order chi connectivity index (χ0) is 16.0. The third-order valence-corrected chi connectivity index (χ3v) is 4.28. The maximum absolute atomic E-state index is 10.2. The lowest BCUT2D eigenvalue weighted by atomic mass is 9.84. The van der Waals surface area contributed by atoms with Crippen LogP contribution in [-0.2, 0) is 18.3 Å². The predicted molar refractivity (Wildman–Crippen MR) is 91.7 cm³/mol. The summed E-state index contributed by atoms with van der Waals surface area (Å²) in [5, 5.41) is 10.2. The molecule has 0 saturated heterocycles. The Hall–Kier alpha value is -0.860. The van der Waals surface area contributed by atoms with Gasteiger partial charge in [0.1, 0.15) is 0 Å². The first-order valence-electron chi connectivity index (χ1n) is 8.35. The van der Waals surface area contributed by atoms with Crippen LogP contribution >= 0.6 is 0 Å². The minimum absolute atomic E-state index is 0.0918. The molecule has 0 bridgehead atoms. The van der Waals surface area contributed by atoms with Crippen LogP contribution in [-0.4, -0.2) is 17.3 Å². The number of benzene rings is 1. The largest absolute Gasteiger partial charge is 0.392 e. The summed E-state index contributed by atoms with van der Waals surface area (Å²) < 4.78 is 0. The molecule has 0 fully saturated rings. The van der Waals surface area contributed by atoms with Gasteiger partial charge in [0.05, 0.1) is 6.10 Å².